The summed E-state index contributed by atoms with van der Waals surface area (Å²) in [6.07, 6.45) is 4.35. The fourth-order valence-electron chi connectivity index (χ4n) is 4.88. The van der Waals surface area contributed by atoms with Crippen LogP contribution >= 0.6 is 0 Å². The molecule has 35 heavy (non-hydrogen) atoms. The smallest absolute Gasteiger partial charge is 0.290 e. The molecule has 7 heteroatoms. The van der Waals surface area contributed by atoms with Crippen molar-refractivity contribution in [1.82, 2.24) is 10.2 Å². The van der Waals surface area contributed by atoms with E-state index in [4.69, 9.17) is 13.9 Å². The molecule has 2 unspecified atom stereocenters. The van der Waals surface area contributed by atoms with E-state index in [1.165, 1.54) is 6.26 Å². The van der Waals surface area contributed by atoms with Crippen molar-refractivity contribution in [2.75, 3.05) is 26.3 Å². The van der Waals surface area contributed by atoms with Gasteiger partial charge in [0.05, 0.1) is 18.4 Å². The number of amides is 2. The molecule has 182 valence electrons. The molecule has 0 radical (unpaired) electrons. The number of ether oxygens (including phenoxy) is 2. The van der Waals surface area contributed by atoms with Gasteiger partial charge in [0, 0.05) is 19.7 Å². The minimum Gasteiger partial charge on any atom is -0.484 e. The summed E-state index contributed by atoms with van der Waals surface area (Å²) >= 11 is 0. The summed E-state index contributed by atoms with van der Waals surface area (Å²) in [7, 11) is 0. The number of hydrogen-bond donors (Lipinski definition) is 1. The van der Waals surface area contributed by atoms with E-state index >= 15 is 0 Å². The van der Waals surface area contributed by atoms with Gasteiger partial charge in [-0.2, -0.15) is 0 Å². The highest BCUT2D eigenvalue weighted by atomic mass is 16.5. The lowest BCUT2D eigenvalue weighted by Gasteiger charge is -2.37. The van der Waals surface area contributed by atoms with Crippen molar-refractivity contribution in [2.24, 2.45) is 0 Å². The third-order valence-corrected chi connectivity index (χ3v) is 6.62. The first-order valence-electron chi connectivity index (χ1n) is 12.1. The molecule has 0 bridgehead atoms. The Balaban J connectivity index is 1.37. The van der Waals surface area contributed by atoms with E-state index in [1.54, 1.807) is 12.1 Å². The summed E-state index contributed by atoms with van der Waals surface area (Å²) in [5.41, 5.74) is 4.31. The Labute approximate surface area is 205 Å². The average Bonchev–Trinajstić information content (AvgIpc) is 3.60. The Bertz CT molecular complexity index is 1180. The van der Waals surface area contributed by atoms with Crippen LogP contribution in [0.2, 0.25) is 0 Å². The van der Waals surface area contributed by atoms with Crippen molar-refractivity contribution in [1.29, 1.82) is 0 Å². The van der Waals surface area contributed by atoms with Gasteiger partial charge in [0.1, 0.15) is 5.75 Å². The Hall–Kier alpha value is -3.58. The van der Waals surface area contributed by atoms with Crippen LogP contribution in [0.3, 0.4) is 0 Å². The van der Waals surface area contributed by atoms with Gasteiger partial charge in [-0.3, -0.25) is 9.59 Å². The first-order chi connectivity index (χ1) is 17.1. The number of carbonyl (C=O) groups is 2. The highest BCUT2D eigenvalue weighted by Crippen LogP contribution is 2.38. The zero-order valence-corrected chi connectivity index (χ0v) is 19.9. The fourth-order valence-corrected chi connectivity index (χ4v) is 4.88. The SMILES string of the molecule is Cc1cccc(C2c3cc(OCC(=O)NCC4CCCO4)ccc3CCN2C(=O)c2ccco2)c1. The van der Waals surface area contributed by atoms with Crippen LogP contribution < -0.4 is 10.1 Å². The molecule has 3 heterocycles. The van der Waals surface area contributed by atoms with Gasteiger partial charge in [-0.15, -0.1) is 0 Å². The molecule has 1 N–H and O–H groups in total. The zero-order chi connectivity index (χ0) is 24.2. The van der Waals surface area contributed by atoms with Crippen molar-refractivity contribution >= 4 is 11.8 Å². The molecule has 5 rings (SSSR count). The van der Waals surface area contributed by atoms with Crippen LogP contribution in [0.25, 0.3) is 0 Å². The summed E-state index contributed by atoms with van der Waals surface area (Å²) in [5.74, 6) is 0.595. The van der Waals surface area contributed by atoms with Crippen LogP contribution in [0.1, 0.15) is 51.7 Å². The number of benzene rings is 2. The van der Waals surface area contributed by atoms with Crippen LogP contribution in [-0.4, -0.2) is 49.1 Å². The number of fused-ring (bicyclic) bond motifs is 1. The molecule has 2 atom stereocenters. The zero-order valence-electron chi connectivity index (χ0n) is 19.9. The predicted octanol–water partition coefficient (Wildman–Crippen LogP) is 4.05. The molecular weight excluding hydrogens is 444 g/mol. The van der Waals surface area contributed by atoms with Crippen LogP contribution in [-0.2, 0) is 16.0 Å². The number of aryl methyl sites for hydroxylation is 1. The molecule has 2 aromatic carbocycles. The molecular formula is C28H30N2O5. The maximum atomic E-state index is 13.4. The van der Waals surface area contributed by atoms with Crippen LogP contribution in [0.15, 0.2) is 65.3 Å². The molecule has 0 aliphatic carbocycles. The van der Waals surface area contributed by atoms with Crippen molar-refractivity contribution in [3.8, 4) is 5.75 Å². The summed E-state index contributed by atoms with van der Waals surface area (Å²) < 4.78 is 16.8. The minimum atomic E-state index is -0.284. The van der Waals surface area contributed by atoms with Gasteiger partial charge >= 0.3 is 0 Å². The van der Waals surface area contributed by atoms with Crippen LogP contribution in [0.4, 0.5) is 0 Å². The maximum Gasteiger partial charge on any atom is 0.290 e. The second kappa shape index (κ2) is 10.4. The third-order valence-electron chi connectivity index (χ3n) is 6.62. The van der Waals surface area contributed by atoms with Gasteiger partial charge in [0.2, 0.25) is 0 Å². The van der Waals surface area contributed by atoms with E-state index in [2.05, 4.69) is 11.4 Å². The van der Waals surface area contributed by atoms with E-state index in [0.29, 0.717) is 24.6 Å². The lowest BCUT2D eigenvalue weighted by atomic mass is 9.87. The molecule has 0 saturated carbocycles. The third kappa shape index (κ3) is 5.25. The number of nitrogens with zero attached hydrogens (tertiary/aromatic N) is 1. The van der Waals surface area contributed by atoms with Crippen molar-refractivity contribution < 1.29 is 23.5 Å². The number of hydrogen-bond acceptors (Lipinski definition) is 5. The highest BCUT2D eigenvalue weighted by molar-refractivity contribution is 5.92. The van der Waals surface area contributed by atoms with E-state index in [0.717, 1.165) is 48.1 Å². The Morgan fingerprint density at radius 2 is 2.06 bits per heavy atom. The van der Waals surface area contributed by atoms with Crippen molar-refractivity contribution in [3.63, 3.8) is 0 Å². The average molecular weight is 475 g/mol. The second-order valence-electron chi connectivity index (χ2n) is 9.13. The number of rotatable bonds is 7. The lowest BCUT2D eigenvalue weighted by molar-refractivity contribution is -0.123. The molecule has 1 aromatic heterocycles. The molecule has 0 spiro atoms. The number of furan rings is 1. The monoisotopic (exact) mass is 474 g/mol. The van der Waals surface area contributed by atoms with Crippen molar-refractivity contribution in [2.45, 2.75) is 38.3 Å². The molecule has 2 aliphatic rings. The fraction of sp³-hybridized carbons (Fsp3) is 0.357. The molecule has 2 amide bonds. The van der Waals surface area contributed by atoms with Gasteiger partial charge < -0.3 is 24.1 Å². The highest BCUT2D eigenvalue weighted by Gasteiger charge is 2.34. The van der Waals surface area contributed by atoms with Crippen LogP contribution in [0.5, 0.6) is 5.75 Å². The van der Waals surface area contributed by atoms with Gasteiger partial charge in [0.15, 0.2) is 12.4 Å². The lowest BCUT2D eigenvalue weighted by Crippen LogP contribution is -2.40. The van der Waals surface area contributed by atoms with Crippen LogP contribution in [0, 0.1) is 6.92 Å². The predicted molar refractivity (Wildman–Crippen MR) is 130 cm³/mol. The Morgan fingerprint density at radius 1 is 1.14 bits per heavy atom. The van der Waals surface area contributed by atoms with E-state index in [-0.39, 0.29) is 30.6 Å². The van der Waals surface area contributed by atoms with Gasteiger partial charge in [0.25, 0.3) is 11.8 Å². The maximum absolute atomic E-state index is 13.4. The molecule has 3 aromatic rings. The van der Waals surface area contributed by atoms with Gasteiger partial charge in [-0.1, -0.05) is 35.9 Å². The first-order valence-corrected chi connectivity index (χ1v) is 12.1. The normalized spacial score (nSPS) is 19.3. The summed E-state index contributed by atoms with van der Waals surface area (Å²) in [6, 6.07) is 17.2. The summed E-state index contributed by atoms with van der Waals surface area (Å²) in [4.78, 5) is 27.5. The van der Waals surface area contributed by atoms with E-state index in [1.807, 2.05) is 48.2 Å². The van der Waals surface area contributed by atoms with E-state index < -0.39 is 0 Å². The first kappa shape index (κ1) is 23.2. The summed E-state index contributed by atoms with van der Waals surface area (Å²) in [6.45, 7) is 3.81. The quantitative estimate of drug-likeness (QED) is 0.559. The molecule has 2 aliphatic heterocycles. The number of nitrogens with one attached hydrogen (secondary N) is 1. The summed E-state index contributed by atoms with van der Waals surface area (Å²) in [5, 5.41) is 2.88. The minimum absolute atomic E-state index is 0.0738. The largest absolute Gasteiger partial charge is 0.484 e. The van der Waals surface area contributed by atoms with Gasteiger partial charge in [-0.25, -0.2) is 0 Å². The second-order valence-corrected chi connectivity index (χ2v) is 9.13. The molecule has 1 fully saturated rings. The molecule has 1 saturated heterocycles. The standard InChI is InChI=1S/C28H30N2O5/c1-19-5-2-6-21(15-19)27-24-16-22(35-18-26(31)29-17-23-7-3-13-33-23)10-9-20(24)11-12-30(27)28(32)25-8-4-14-34-25/h2,4-6,8-10,14-16,23,27H,3,7,11-13,17-18H2,1H3,(H,29,31). The van der Waals surface area contributed by atoms with Crippen molar-refractivity contribution in [3.05, 3.63) is 88.9 Å². The Kier molecular flexibility index (Phi) is 6.86. The Morgan fingerprint density at radius 3 is 2.83 bits per heavy atom. The molecule has 7 nitrogen and oxygen atoms in total. The van der Waals surface area contributed by atoms with Gasteiger partial charge in [-0.05, 0) is 67.1 Å². The van der Waals surface area contributed by atoms with E-state index in [9.17, 15) is 9.59 Å². The number of carbonyl (C=O) groups excluding carboxylic acids is 2. The topological polar surface area (TPSA) is 81.0 Å².